The second-order valence-corrected chi connectivity index (χ2v) is 5.33. The molecule has 1 atom stereocenters. The predicted molar refractivity (Wildman–Crippen MR) is 79.7 cm³/mol. The lowest BCUT2D eigenvalue weighted by Crippen LogP contribution is -2.36. The van der Waals surface area contributed by atoms with Crippen molar-refractivity contribution >= 4 is 29.0 Å². The van der Waals surface area contributed by atoms with E-state index in [2.05, 4.69) is 10.1 Å². The maximum absolute atomic E-state index is 12.8. The van der Waals surface area contributed by atoms with E-state index in [1.165, 1.54) is 31.2 Å². The van der Waals surface area contributed by atoms with E-state index in [9.17, 15) is 14.4 Å². The smallest absolute Gasteiger partial charge is 0.188 e. The third kappa shape index (κ3) is 3.28. The van der Waals surface area contributed by atoms with Gasteiger partial charge in [-0.1, -0.05) is 11.6 Å². The van der Waals surface area contributed by atoms with Crippen LogP contribution < -0.4 is 0 Å². The summed E-state index contributed by atoms with van der Waals surface area (Å²) < 4.78 is 1.24. The van der Waals surface area contributed by atoms with Crippen molar-refractivity contribution in [2.75, 3.05) is 0 Å². The quantitative estimate of drug-likeness (QED) is 0.602. The van der Waals surface area contributed by atoms with E-state index in [1.54, 1.807) is 24.3 Å². The molecule has 0 amide bonds. The van der Waals surface area contributed by atoms with Crippen molar-refractivity contribution < 1.29 is 14.4 Å². The van der Waals surface area contributed by atoms with Crippen molar-refractivity contribution in [1.82, 2.24) is 14.8 Å². The number of hydrogen-bond acceptors (Lipinski definition) is 5. The number of ketones is 3. The van der Waals surface area contributed by atoms with E-state index in [1.807, 2.05) is 0 Å². The minimum atomic E-state index is -1.11. The van der Waals surface area contributed by atoms with Gasteiger partial charge in [0.1, 0.15) is 36.2 Å². The highest BCUT2D eigenvalue weighted by Gasteiger charge is 2.37. The standard InChI is InChI=1S/C15H14ClN3O3/c1-9(20)13(10(2)21)14(19-8-17-7-18-19)15(22)11-3-5-12(16)6-4-11/h3-8,13-14H,1-2H3. The molecule has 1 aromatic carbocycles. The molecule has 1 heterocycles. The van der Waals surface area contributed by atoms with Crippen LogP contribution in [-0.4, -0.2) is 32.1 Å². The zero-order valence-corrected chi connectivity index (χ0v) is 12.8. The molecule has 0 aliphatic carbocycles. The summed E-state index contributed by atoms with van der Waals surface area (Å²) in [6.07, 6.45) is 2.57. The zero-order valence-electron chi connectivity index (χ0n) is 12.1. The summed E-state index contributed by atoms with van der Waals surface area (Å²) in [6.45, 7) is 2.57. The molecule has 1 unspecified atom stereocenters. The molecule has 0 bridgehead atoms. The number of halogens is 1. The van der Waals surface area contributed by atoms with E-state index in [4.69, 9.17) is 11.6 Å². The van der Waals surface area contributed by atoms with Gasteiger partial charge >= 0.3 is 0 Å². The minimum absolute atomic E-state index is 0.345. The molecule has 2 rings (SSSR count). The predicted octanol–water partition coefficient (Wildman–Crippen LogP) is 2.15. The molecule has 0 saturated heterocycles. The molecule has 0 spiro atoms. The van der Waals surface area contributed by atoms with Crippen LogP contribution >= 0.6 is 11.6 Å². The van der Waals surface area contributed by atoms with E-state index >= 15 is 0 Å². The molecular weight excluding hydrogens is 306 g/mol. The number of benzene rings is 1. The van der Waals surface area contributed by atoms with Gasteiger partial charge in [0.25, 0.3) is 0 Å². The largest absolute Gasteiger partial charge is 0.299 e. The van der Waals surface area contributed by atoms with E-state index in [0.717, 1.165) is 0 Å². The maximum Gasteiger partial charge on any atom is 0.188 e. The molecule has 7 heteroatoms. The Labute approximate surface area is 132 Å². The fourth-order valence-corrected chi connectivity index (χ4v) is 2.43. The number of nitrogens with zero attached hydrogens (tertiary/aromatic N) is 3. The summed E-state index contributed by atoms with van der Waals surface area (Å²) in [5.74, 6) is -2.28. The Morgan fingerprint density at radius 1 is 1.09 bits per heavy atom. The van der Waals surface area contributed by atoms with Crippen molar-refractivity contribution in [2.24, 2.45) is 5.92 Å². The first kappa shape index (κ1) is 16.0. The molecule has 0 N–H and O–H groups in total. The molecule has 6 nitrogen and oxygen atoms in total. The van der Waals surface area contributed by atoms with Gasteiger partial charge in [0.05, 0.1) is 0 Å². The van der Waals surface area contributed by atoms with Crippen LogP contribution in [0.2, 0.25) is 5.02 Å². The molecule has 0 fully saturated rings. The Balaban J connectivity index is 2.49. The SMILES string of the molecule is CC(=O)C(C(C)=O)C(C(=O)c1ccc(Cl)cc1)n1cncn1. The topological polar surface area (TPSA) is 81.9 Å². The Kier molecular flexibility index (Phi) is 4.82. The number of rotatable bonds is 6. The lowest BCUT2D eigenvalue weighted by Gasteiger charge is -2.22. The Hall–Kier alpha value is -2.34. The normalized spacial score (nSPS) is 12.2. The van der Waals surface area contributed by atoms with Gasteiger partial charge in [-0.3, -0.25) is 14.4 Å². The molecule has 0 aliphatic rings. The van der Waals surface area contributed by atoms with Crippen LogP contribution in [0.3, 0.4) is 0 Å². The number of carbonyl (C=O) groups excluding carboxylic acids is 3. The minimum Gasteiger partial charge on any atom is -0.299 e. The molecule has 114 valence electrons. The van der Waals surface area contributed by atoms with Gasteiger partial charge in [0.15, 0.2) is 5.78 Å². The summed E-state index contributed by atoms with van der Waals surface area (Å²) >= 11 is 5.81. The molecule has 2 aromatic rings. The van der Waals surface area contributed by atoms with Gasteiger partial charge in [0, 0.05) is 10.6 Å². The average Bonchev–Trinajstić information content (AvgIpc) is 2.97. The van der Waals surface area contributed by atoms with Gasteiger partial charge in [-0.05, 0) is 38.1 Å². The third-order valence-corrected chi connectivity index (χ3v) is 3.56. The Morgan fingerprint density at radius 2 is 1.68 bits per heavy atom. The summed E-state index contributed by atoms with van der Waals surface area (Å²) in [5, 5.41) is 4.41. The average molecular weight is 320 g/mol. The van der Waals surface area contributed by atoms with Gasteiger partial charge in [-0.25, -0.2) is 9.67 Å². The molecular formula is C15H14ClN3O3. The third-order valence-electron chi connectivity index (χ3n) is 3.31. The van der Waals surface area contributed by atoms with Crippen LogP contribution in [-0.2, 0) is 9.59 Å². The van der Waals surface area contributed by atoms with Crippen LogP contribution in [0.15, 0.2) is 36.9 Å². The lowest BCUT2D eigenvalue weighted by molar-refractivity contribution is -0.131. The van der Waals surface area contributed by atoms with Crippen molar-refractivity contribution in [2.45, 2.75) is 19.9 Å². The Bertz CT molecular complexity index is 681. The van der Waals surface area contributed by atoms with Crippen LogP contribution in [0, 0.1) is 5.92 Å². The first-order valence-corrected chi connectivity index (χ1v) is 6.94. The van der Waals surface area contributed by atoms with Crippen molar-refractivity contribution in [3.8, 4) is 0 Å². The fraction of sp³-hybridized carbons (Fsp3) is 0.267. The first-order chi connectivity index (χ1) is 10.4. The summed E-state index contributed by atoms with van der Waals surface area (Å²) in [7, 11) is 0. The first-order valence-electron chi connectivity index (χ1n) is 6.56. The van der Waals surface area contributed by atoms with E-state index < -0.39 is 29.3 Å². The summed E-state index contributed by atoms with van der Waals surface area (Å²) in [4.78, 5) is 40.3. The van der Waals surface area contributed by atoms with Gasteiger partial charge < -0.3 is 0 Å². The second-order valence-electron chi connectivity index (χ2n) is 4.89. The van der Waals surface area contributed by atoms with Gasteiger partial charge in [-0.15, -0.1) is 0 Å². The summed E-state index contributed by atoms with van der Waals surface area (Å²) in [5.41, 5.74) is 0.345. The monoisotopic (exact) mass is 319 g/mol. The van der Waals surface area contributed by atoms with Crippen LogP contribution in [0.5, 0.6) is 0 Å². The molecule has 0 saturated carbocycles. The van der Waals surface area contributed by atoms with Gasteiger partial charge in [-0.2, -0.15) is 5.10 Å². The maximum atomic E-state index is 12.8. The molecule has 0 radical (unpaired) electrons. The number of aromatic nitrogens is 3. The molecule has 22 heavy (non-hydrogen) atoms. The van der Waals surface area contributed by atoms with E-state index in [-0.39, 0.29) is 0 Å². The molecule has 0 aliphatic heterocycles. The highest BCUT2D eigenvalue weighted by atomic mass is 35.5. The second kappa shape index (κ2) is 6.62. The van der Waals surface area contributed by atoms with E-state index in [0.29, 0.717) is 10.6 Å². The highest BCUT2D eigenvalue weighted by Crippen LogP contribution is 2.25. The highest BCUT2D eigenvalue weighted by molar-refractivity contribution is 6.30. The van der Waals surface area contributed by atoms with Gasteiger partial charge in [0.2, 0.25) is 0 Å². The number of Topliss-reactive ketones (excluding diaryl/α,β-unsaturated/α-hetero) is 3. The van der Waals surface area contributed by atoms with Crippen LogP contribution in [0.4, 0.5) is 0 Å². The lowest BCUT2D eigenvalue weighted by atomic mass is 9.87. The van der Waals surface area contributed by atoms with Crippen molar-refractivity contribution in [3.05, 3.63) is 47.5 Å². The van der Waals surface area contributed by atoms with Crippen molar-refractivity contribution in [1.29, 1.82) is 0 Å². The molecule has 1 aromatic heterocycles. The number of hydrogen-bond donors (Lipinski definition) is 0. The Morgan fingerprint density at radius 3 is 2.14 bits per heavy atom. The number of carbonyl (C=O) groups is 3. The van der Waals surface area contributed by atoms with Crippen LogP contribution in [0.25, 0.3) is 0 Å². The fourth-order valence-electron chi connectivity index (χ4n) is 2.30. The summed E-state index contributed by atoms with van der Waals surface area (Å²) in [6, 6.07) is 5.18. The zero-order chi connectivity index (χ0) is 16.3. The van der Waals surface area contributed by atoms with Crippen LogP contribution in [0.1, 0.15) is 30.2 Å². The van der Waals surface area contributed by atoms with Crippen molar-refractivity contribution in [3.63, 3.8) is 0 Å².